The van der Waals surface area contributed by atoms with Gasteiger partial charge in [-0.2, -0.15) is 0 Å². The van der Waals surface area contributed by atoms with Gasteiger partial charge in [-0.3, -0.25) is 9.59 Å². The summed E-state index contributed by atoms with van der Waals surface area (Å²) in [5.74, 6) is 0.503. The lowest BCUT2D eigenvalue weighted by Gasteiger charge is -2.36. The van der Waals surface area contributed by atoms with Gasteiger partial charge in [-0.15, -0.1) is 0 Å². The van der Waals surface area contributed by atoms with Crippen LogP contribution in [0.3, 0.4) is 0 Å². The number of hydrogen-bond acceptors (Lipinski definition) is 3. The molecule has 0 spiro atoms. The summed E-state index contributed by atoms with van der Waals surface area (Å²) in [4.78, 5) is 28.6. The Morgan fingerprint density at radius 2 is 1.88 bits per heavy atom. The highest BCUT2D eigenvalue weighted by atomic mass is 16.5. The lowest BCUT2D eigenvalue weighted by molar-refractivity contribution is -0.138. The predicted octanol–water partition coefficient (Wildman–Crippen LogP) is 2.94. The van der Waals surface area contributed by atoms with E-state index in [9.17, 15) is 9.59 Å². The van der Waals surface area contributed by atoms with E-state index >= 15 is 0 Å². The van der Waals surface area contributed by atoms with E-state index in [2.05, 4.69) is 27.7 Å². The zero-order valence-corrected chi connectivity index (χ0v) is 15.5. The normalized spacial score (nSPS) is 19.3. The summed E-state index contributed by atoms with van der Waals surface area (Å²) >= 11 is 0. The molecule has 1 heterocycles. The molecule has 1 aromatic carbocycles. The third-order valence-electron chi connectivity index (χ3n) is 5.04. The number of methoxy groups -OCH3 is 1. The van der Waals surface area contributed by atoms with Crippen molar-refractivity contribution >= 4 is 17.5 Å². The van der Waals surface area contributed by atoms with E-state index in [1.165, 1.54) is 0 Å². The molecule has 2 atom stereocenters. The van der Waals surface area contributed by atoms with Gasteiger partial charge in [0, 0.05) is 31.7 Å². The van der Waals surface area contributed by atoms with Gasteiger partial charge in [-0.05, 0) is 36.6 Å². The smallest absolute Gasteiger partial charge is 0.228 e. The summed E-state index contributed by atoms with van der Waals surface area (Å²) in [7, 11) is 3.44. The van der Waals surface area contributed by atoms with Crippen molar-refractivity contribution in [2.45, 2.75) is 40.2 Å². The molecule has 5 heteroatoms. The highest BCUT2D eigenvalue weighted by Crippen LogP contribution is 2.30. The van der Waals surface area contributed by atoms with Gasteiger partial charge in [0.15, 0.2) is 0 Å². The minimum atomic E-state index is -0.283. The summed E-state index contributed by atoms with van der Waals surface area (Å²) in [6.07, 6.45) is 0.270. The van der Waals surface area contributed by atoms with Crippen LogP contribution in [-0.4, -0.2) is 43.5 Å². The van der Waals surface area contributed by atoms with Gasteiger partial charge in [0.1, 0.15) is 5.75 Å². The molecule has 0 saturated carbocycles. The number of amides is 2. The number of carbonyl (C=O) groups excluding carboxylic acids is 2. The molecule has 0 bridgehead atoms. The van der Waals surface area contributed by atoms with Crippen LogP contribution < -0.4 is 9.64 Å². The number of nitrogens with zero attached hydrogens (tertiary/aromatic N) is 2. The van der Waals surface area contributed by atoms with Gasteiger partial charge in [0.25, 0.3) is 0 Å². The van der Waals surface area contributed by atoms with Crippen LogP contribution in [0.2, 0.25) is 0 Å². The van der Waals surface area contributed by atoms with E-state index in [0.29, 0.717) is 6.54 Å². The van der Waals surface area contributed by atoms with Gasteiger partial charge in [0.2, 0.25) is 11.8 Å². The summed E-state index contributed by atoms with van der Waals surface area (Å²) in [6, 6.07) is 7.46. The number of ether oxygens (including phenoxy) is 1. The SMILES string of the molecule is COc1ccc(N2C[C@@H](C(=O)N(C)[C@@H](C)C(C)(C)C)CC2=O)cc1. The second kappa shape index (κ2) is 6.83. The zero-order chi connectivity index (χ0) is 18.1. The standard InChI is InChI=1S/C19H28N2O3/c1-13(19(2,3)4)20(5)18(23)14-11-17(22)21(12-14)15-7-9-16(24-6)10-8-15/h7-10,13-14H,11-12H2,1-6H3/t13-,14-/m0/s1. The second-order valence-corrected chi connectivity index (χ2v) is 7.59. The maximum absolute atomic E-state index is 12.8. The lowest BCUT2D eigenvalue weighted by atomic mass is 9.86. The molecule has 0 unspecified atom stereocenters. The average Bonchev–Trinajstić information content (AvgIpc) is 2.93. The largest absolute Gasteiger partial charge is 0.497 e. The summed E-state index contributed by atoms with van der Waals surface area (Å²) in [5.41, 5.74) is 0.811. The van der Waals surface area contributed by atoms with Crippen molar-refractivity contribution in [2.75, 3.05) is 25.6 Å². The molecule has 2 amide bonds. The Hall–Kier alpha value is -2.04. The molecule has 2 rings (SSSR count). The van der Waals surface area contributed by atoms with Crippen molar-refractivity contribution in [2.24, 2.45) is 11.3 Å². The minimum absolute atomic E-state index is 0.00267. The van der Waals surface area contributed by atoms with E-state index in [0.717, 1.165) is 11.4 Å². The number of hydrogen-bond donors (Lipinski definition) is 0. The first-order chi connectivity index (χ1) is 11.1. The molecule has 1 aliphatic rings. The monoisotopic (exact) mass is 332 g/mol. The highest BCUT2D eigenvalue weighted by molar-refractivity contribution is 6.00. The van der Waals surface area contributed by atoms with Gasteiger partial charge < -0.3 is 14.5 Å². The van der Waals surface area contributed by atoms with Crippen LogP contribution in [0, 0.1) is 11.3 Å². The minimum Gasteiger partial charge on any atom is -0.497 e. The van der Waals surface area contributed by atoms with E-state index in [4.69, 9.17) is 4.74 Å². The topological polar surface area (TPSA) is 49.9 Å². The van der Waals surface area contributed by atoms with E-state index in [-0.39, 0.29) is 35.6 Å². The molecular formula is C19H28N2O3. The average molecular weight is 332 g/mol. The Labute approximate surface area is 144 Å². The Bertz CT molecular complexity index is 604. The fourth-order valence-corrected chi connectivity index (χ4v) is 2.94. The van der Waals surface area contributed by atoms with Crippen LogP contribution in [0.4, 0.5) is 5.69 Å². The fraction of sp³-hybridized carbons (Fsp3) is 0.579. The van der Waals surface area contributed by atoms with E-state index in [1.807, 2.05) is 31.3 Å². The van der Waals surface area contributed by atoms with Crippen LogP contribution >= 0.6 is 0 Å². The molecule has 0 N–H and O–H groups in total. The molecule has 0 aliphatic carbocycles. The molecule has 24 heavy (non-hydrogen) atoms. The van der Waals surface area contributed by atoms with Crippen LogP contribution in [0.1, 0.15) is 34.1 Å². The van der Waals surface area contributed by atoms with Crippen LogP contribution in [-0.2, 0) is 9.59 Å². The molecule has 1 fully saturated rings. The third kappa shape index (κ3) is 3.71. The highest BCUT2D eigenvalue weighted by Gasteiger charge is 2.38. The Balaban J connectivity index is 2.09. The van der Waals surface area contributed by atoms with Gasteiger partial charge in [0.05, 0.1) is 13.0 Å². The Morgan fingerprint density at radius 1 is 1.29 bits per heavy atom. The van der Waals surface area contributed by atoms with Crippen LogP contribution in [0.25, 0.3) is 0 Å². The van der Waals surface area contributed by atoms with Gasteiger partial charge >= 0.3 is 0 Å². The molecule has 132 valence electrons. The number of benzene rings is 1. The van der Waals surface area contributed by atoms with E-state index < -0.39 is 0 Å². The van der Waals surface area contributed by atoms with Crippen LogP contribution in [0.5, 0.6) is 5.75 Å². The molecule has 0 radical (unpaired) electrons. The van der Waals surface area contributed by atoms with Crippen molar-refractivity contribution in [1.82, 2.24) is 4.90 Å². The molecule has 0 aromatic heterocycles. The lowest BCUT2D eigenvalue weighted by Crippen LogP contribution is -2.46. The van der Waals surface area contributed by atoms with Gasteiger partial charge in [-0.25, -0.2) is 0 Å². The van der Waals surface area contributed by atoms with Crippen molar-refractivity contribution in [1.29, 1.82) is 0 Å². The van der Waals surface area contributed by atoms with Crippen molar-refractivity contribution in [3.05, 3.63) is 24.3 Å². The molecular weight excluding hydrogens is 304 g/mol. The summed E-state index contributed by atoms with van der Waals surface area (Å²) < 4.78 is 5.14. The van der Waals surface area contributed by atoms with Crippen LogP contribution in [0.15, 0.2) is 24.3 Å². The first-order valence-corrected chi connectivity index (χ1v) is 8.36. The first-order valence-electron chi connectivity index (χ1n) is 8.36. The third-order valence-corrected chi connectivity index (χ3v) is 5.04. The summed E-state index contributed by atoms with van der Waals surface area (Å²) in [6.45, 7) is 8.84. The molecule has 5 nitrogen and oxygen atoms in total. The molecule has 1 aliphatic heterocycles. The Kier molecular flexibility index (Phi) is 5.21. The number of rotatable bonds is 4. The quantitative estimate of drug-likeness (QED) is 0.852. The van der Waals surface area contributed by atoms with Crippen molar-refractivity contribution in [3.63, 3.8) is 0 Å². The number of carbonyl (C=O) groups is 2. The Morgan fingerprint density at radius 3 is 2.38 bits per heavy atom. The molecule has 1 aromatic rings. The number of anilines is 1. The fourth-order valence-electron chi connectivity index (χ4n) is 2.94. The maximum atomic E-state index is 12.8. The van der Waals surface area contributed by atoms with Gasteiger partial charge in [-0.1, -0.05) is 20.8 Å². The van der Waals surface area contributed by atoms with Crippen molar-refractivity contribution in [3.8, 4) is 5.75 Å². The van der Waals surface area contributed by atoms with Crippen molar-refractivity contribution < 1.29 is 14.3 Å². The predicted molar refractivity (Wildman–Crippen MR) is 95.1 cm³/mol. The summed E-state index contributed by atoms with van der Waals surface area (Å²) in [5, 5.41) is 0. The second-order valence-electron chi connectivity index (χ2n) is 7.59. The first kappa shape index (κ1) is 18.3. The van der Waals surface area contributed by atoms with E-state index in [1.54, 1.807) is 16.9 Å². The maximum Gasteiger partial charge on any atom is 0.228 e. The molecule has 1 saturated heterocycles. The zero-order valence-electron chi connectivity index (χ0n) is 15.5.